The maximum absolute atomic E-state index is 9.77. The van der Waals surface area contributed by atoms with Crippen molar-refractivity contribution < 1.29 is 34.8 Å². The fourth-order valence-corrected chi connectivity index (χ4v) is 5.28. The average molecular weight is 519 g/mol. The van der Waals surface area contributed by atoms with E-state index < -0.39 is 24.1 Å². The Balaban J connectivity index is 0.000000277. The van der Waals surface area contributed by atoms with Crippen LogP contribution in [-0.4, -0.2) is 87.4 Å². The predicted octanol–water partition coefficient (Wildman–Crippen LogP) is 1.99. The van der Waals surface area contributed by atoms with Crippen molar-refractivity contribution in [3.8, 4) is 0 Å². The molecule has 3 aliphatic rings. The van der Waals surface area contributed by atoms with Gasteiger partial charge in [-0.25, -0.2) is 9.59 Å². The second-order valence-electron chi connectivity index (χ2n) is 9.17. The van der Waals surface area contributed by atoms with E-state index in [0.717, 1.165) is 37.1 Å². The predicted molar refractivity (Wildman–Crippen MR) is 126 cm³/mol. The summed E-state index contributed by atoms with van der Waals surface area (Å²) in [5.74, 6) is -2.79. The standard InChI is InChI=1S/C19H26Cl2N2O.C4H6O6/c20-15-2-1-14(19(21)7-15)12-23(11-13-5-6-22-10-13)16-8-17-3-4-18(9-16)24-17;5-1(3(7)8)2(6)4(9)10/h1-2,7,13,16-18,22H,3-6,8-12H2;1-2,5-6H,(H,7,8)(H,9,10)/t13-,16-,17+,18-;/m1./s1. The Kier molecular flexibility index (Phi) is 9.96. The number of nitrogens with one attached hydrogen (secondary N) is 1. The summed E-state index contributed by atoms with van der Waals surface area (Å²) in [5, 5.41) is 37.5. The summed E-state index contributed by atoms with van der Waals surface area (Å²) in [6, 6.07) is 6.51. The van der Waals surface area contributed by atoms with Crippen LogP contribution in [0.1, 0.15) is 37.7 Å². The topological polar surface area (TPSA) is 140 Å². The summed E-state index contributed by atoms with van der Waals surface area (Å²) in [5.41, 5.74) is 1.19. The minimum absolute atomic E-state index is 0.471. The Morgan fingerprint density at radius 2 is 1.68 bits per heavy atom. The van der Waals surface area contributed by atoms with E-state index >= 15 is 0 Å². The Labute approximate surface area is 208 Å². The fourth-order valence-electron chi connectivity index (χ4n) is 4.81. The third-order valence-corrected chi connectivity index (χ3v) is 7.22. The number of fused-ring (bicyclic) bond motifs is 2. The molecule has 1 aromatic carbocycles. The molecule has 3 fully saturated rings. The van der Waals surface area contributed by atoms with Gasteiger partial charge in [-0.1, -0.05) is 29.3 Å². The first-order chi connectivity index (χ1) is 16.1. The van der Waals surface area contributed by atoms with Gasteiger partial charge in [0, 0.05) is 29.2 Å². The van der Waals surface area contributed by atoms with Crippen LogP contribution in [0.3, 0.4) is 0 Å². The van der Waals surface area contributed by atoms with Crippen LogP contribution in [0, 0.1) is 5.92 Å². The molecule has 3 aliphatic heterocycles. The Bertz CT molecular complexity index is 823. The molecule has 3 heterocycles. The number of rotatable bonds is 8. The van der Waals surface area contributed by atoms with Crippen molar-refractivity contribution in [2.24, 2.45) is 5.92 Å². The van der Waals surface area contributed by atoms with Gasteiger partial charge in [-0.05, 0) is 68.8 Å². The molecule has 0 spiro atoms. The molecule has 34 heavy (non-hydrogen) atoms. The van der Waals surface area contributed by atoms with Crippen LogP contribution in [0.2, 0.25) is 10.0 Å². The number of carboxylic acid groups (broad SMARTS) is 2. The lowest BCUT2D eigenvalue weighted by molar-refractivity contribution is -0.165. The molecular weight excluding hydrogens is 487 g/mol. The maximum atomic E-state index is 9.77. The van der Waals surface area contributed by atoms with E-state index in [0.29, 0.717) is 23.3 Å². The largest absolute Gasteiger partial charge is 0.479 e. The molecule has 3 saturated heterocycles. The zero-order chi connectivity index (χ0) is 24.8. The number of carboxylic acids is 2. The Hall–Kier alpha value is -1.46. The molecule has 2 unspecified atom stereocenters. The van der Waals surface area contributed by atoms with Gasteiger partial charge in [-0.15, -0.1) is 0 Å². The summed E-state index contributed by atoms with van der Waals surface area (Å²) >= 11 is 12.5. The smallest absolute Gasteiger partial charge is 0.335 e. The van der Waals surface area contributed by atoms with Gasteiger partial charge in [0.2, 0.25) is 0 Å². The molecule has 6 atom stereocenters. The molecule has 0 saturated carbocycles. The lowest BCUT2D eigenvalue weighted by Crippen LogP contribution is -2.44. The molecule has 11 heteroatoms. The molecule has 190 valence electrons. The van der Waals surface area contributed by atoms with Gasteiger partial charge in [-0.3, -0.25) is 4.90 Å². The fraction of sp³-hybridized carbons (Fsp3) is 0.652. The number of halogens is 2. The van der Waals surface area contributed by atoms with E-state index in [2.05, 4.69) is 16.3 Å². The van der Waals surface area contributed by atoms with Crippen LogP contribution < -0.4 is 5.32 Å². The van der Waals surface area contributed by atoms with Gasteiger partial charge in [0.25, 0.3) is 0 Å². The minimum atomic E-state index is -2.27. The molecule has 0 aliphatic carbocycles. The van der Waals surface area contributed by atoms with Crippen LogP contribution in [0.4, 0.5) is 0 Å². The zero-order valence-electron chi connectivity index (χ0n) is 18.8. The number of aliphatic hydroxyl groups is 2. The van der Waals surface area contributed by atoms with E-state index in [4.69, 9.17) is 48.4 Å². The number of hydrogen-bond donors (Lipinski definition) is 5. The lowest BCUT2D eigenvalue weighted by atomic mass is 9.98. The SMILES string of the molecule is Clc1ccc(CN(C[C@@H]2CCNC2)[C@H]2C[C@H]3CC[C@@H](C2)O3)c(Cl)c1.O=C(O)C(O)C(O)C(=O)O. The molecule has 4 rings (SSSR count). The first kappa shape index (κ1) is 27.1. The average Bonchev–Trinajstić information content (AvgIpc) is 3.43. The third kappa shape index (κ3) is 7.52. The molecule has 0 radical (unpaired) electrons. The number of aliphatic carboxylic acids is 2. The van der Waals surface area contributed by atoms with E-state index in [1.807, 2.05) is 12.1 Å². The summed E-state index contributed by atoms with van der Waals surface area (Å²) in [6.45, 7) is 4.35. The van der Waals surface area contributed by atoms with Crippen molar-refractivity contribution in [2.75, 3.05) is 19.6 Å². The van der Waals surface area contributed by atoms with E-state index in [-0.39, 0.29) is 0 Å². The summed E-state index contributed by atoms with van der Waals surface area (Å²) < 4.78 is 6.05. The summed E-state index contributed by atoms with van der Waals surface area (Å²) in [6.07, 6.45) is 2.50. The van der Waals surface area contributed by atoms with Gasteiger partial charge in [0.05, 0.1) is 12.2 Å². The molecule has 9 nitrogen and oxygen atoms in total. The summed E-state index contributed by atoms with van der Waals surface area (Å²) in [7, 11) is 0. The van der Waals surface area contributed by atoms with Crippen LogP contribution in [-0.2, 0) is 20.9 Å². The highest BCUT2D eigenvalue weighted by Gasteiger charge is 2.38. The normalized spacial score (nSPS) is 27.7. The zero-order valence-corrected chi connectivity index (χ0v) is 20.3. The highest BCUT2D eigenvalue weighted by Crippen LogP contribution is 2.36. The third-order valence-electron chi connectivity index (χ3n) is 6.63. The van der Waals surface area contributed by atoms with Crippen molar-refractivity contribution in [2.45, 2.75) is 69.1 Å². The van der Waals surface area contributed by atoms with Gasteiger partial charge < -0.3 is 30.5 Å². The highest BCUT2D eigenvalue weighted by molar-refractivity contribution is 6.35. The first-order valence-corrected chi connectivity index (χ1v) is 12.3. The highest BCUT2D eigenvalue weighted by atomic mass is 35.5. The Morgan fingerprint density at radius 3 is 2.18 bits per heavy atom. The van der Waals surface area contributed by atoms with Gasteiger partial charge >= 0.3 is 11.9 Å². The van der Waals surface area contributed by atoms with Crippen LogP contribution in [0.15, 0.2) is 18.2 Å². The quantitative estimate of drug-likeness (QED) is 0.349. The minimum Gasteiger partial charge on any atom is -0.479 e. The van der Waals surface area contributed by atoms with Gasteiger partial charge in [0.1, 0.15) is 0 Å². The number of benzene rings is 1. The second kappa shape index (κ2) is 12.5. The van der Waals surface area contributed by atoms with Crippen LogP contribution in [0.5, 0.6) is 0 Å². The molecule has 0 aromatic heterocycles. The summed E-state index contributed by atoms with van der Waals surface area (Å²) in [4.78, 5) is 22.2. The number of carbonyl (C=O) groups is 2. The van der Waals surface area contributed by atoms with E-state index in [1.54, 1.807) is 0 Å². The molecular formula is C23H32Cl2N2O7. The van der Waals surface area contributed by atoms with Crippen molar-refractivity contribution in [3.05, 3.63) is 33.8 Å². The Morgan fingerprint density at radius 1 is 1.06 bits per heavy atom. The number of ether oxygens (including phenoxy) is 1. The second-order valence-corrected chi connectivity index (χ2v) is 10.0. The first-order valence-electron chi connectivity index (χ1n) is 11.5. The number of hydrogen-bond acceptors (Lipinski definition) is 7. The molecule has 0 amide bonds. The van der Waals surface area contributed by atoms with E-state index in [1.165, 1.54) is 37.7 Å². The van der Waals surface area contributed by atoms with Gasteiger partial charge in [-0.2, -0.15) is 0 Å². The number of nitrogens with zero attached hydrogens (tertiary/aromatic N) is 1. The monoisotopic (exact) mass is 518 g/mol. The van der Waals surface area contributed by atoms with Crippen molar-refractivity contribution in [3.63, 3.8) is 0 Å². The molecule has 1 aromatic rings. The number of aliphatic hydroxyl groups excluding tert-OH is 2. The van der Waals surface area contributed by atoms with E-state index in [9.17, 15) is 9.59 Å². The van der Waals surface area contributed by atoms with Crippen LogP contribution >= 0.6 is 23.2 Å². The van der Waals surface area contributed by atoms with Crippen molar-refractivity contribution >= 4 is 35.1 Å². The van der Waals surface area contributed by atoms with Crippen molar-refractivity contribution in [1.82, 2.24) is 10.2 Å². The molecule has 5 N–H and O–H groups in total. The van der Waals surface area contributed by atoms with Crippen LogP contribution in [0.25, 0.3) is 0 Å². The van der Waals surface area contributed by atoms with Crippen molar-refractivity contribution in [1.29, 1.82) is 0 Å². The lowest BCUT2D eigenvalue weighted by Gasteiger charge is -2.38. The molecule has 2 bridgehead atoms. The van der Waals surface area contributed by atoms with Gasteiger partial charge in [0.15, 0.2) is 12.2 Å². The maximum Gasteiger partial charge on any atom is 0.335 e.